The molecule has 0 radical (unpaired) electrons. The number of hydrogen-bond acceptors (Lipinski definition) is 4. The summed E-state index contributed by atoms with van der Waals surface area (Å²) in [5.74, 6) is -1.98. The fraction of sp³-hybridized carbons (Fsp3) is 0.500. The van der Waals surface area contributed by atoms with E-state index in [1.165, 1.54) is 6.92 Å². The van der Waals surface area contributed by atoms with Gasteiger partial charge in [-0.15, -0.1) is 12.6 Å². The minimum atomic E-state index is -1.05. The zero-order valence-corrected chi connectivity index (χ0v) is 8.95. The van der Waals surface area contributed by atoms with Gasteiger partial charge in [-0.25, -0.2) is 9.59 Å². The van der Waals surface area contributed by atoms with E-state index in [2.05, 4.69) is 23.9 Å². The second kappa shape index (κ2) is 8.58. The van der Waals surface area contributed by atoms with Crippen LogP contribution in [0.2, 0.25) is 0 Å². The normalized spacial score (nSPS) is 10.8. The van der Waals surface area contributed by atoms with Crippen molar-refractivity contribution < 1.29 is 24.5 Å². The highest BCUT2D eigenvalue weighted by molar-refractivity contribution is 7.81. The van der Waals surface area contributed by atoms with E-state index < -0.39 is 17.4 Å². The molecule has 0 aromatic heterocycles. The maximum Gasteiger partial charge on any atom is 0.343 e. The number of thiol groups is 1. The van der Waals surface area contributed by atoms with E-state index in [0.717, 1.165) is 0 Å². The van der Waals surface area contributed by atoms with Gasteiger partial charge in [0.15, 0.2) is 5.44 Å². The lowest BCUT2D eigenvalue weighted by molar-refractivity contribution is -0.144. The van der Waals surface area contributed by atoms with E-state index in [4.69, 9.17) is 10.2 Å². The van der Waals surface area contributed by atoms with Crippen molar-refractivity contribution in [2.24, 2.45) is 0 Å². The fourth-order valence-electron chi connectivity index (χ4n) is 0.229. The van der Waals surface area contributed by atoms with Gasteiger partial charge >= 0.3 is 11.9 Å². The topological polar surface area (TPSA) is 83.8 Å². The van der Waals surface area contributed by atoms with Crippen LogP contribution >= 0.6 is 12.6 Å². The molecule has 0 aliphatic heterocycles. The van der Waals surface area contributed by atoms with Crippen molar-refractivity contribution in [3.05, 3.63) is 12.2 Å². The van der Waals surface area contributed by atoms with Crippen LogP contribution in [0.15, 0.2) is 12.2 Å². The fourth-order valence-corrected chi connectivity index (χ4v) is 0.378. The molecule has 2 N–H and O–H groups in total. The summed E-state index contributed by atoms with van der Waals surface area (Å²) in [6, 6.07) is 0. The SMILES string of the molecule is C=C(C)C(=O)O.CCOC(S)C(=O)O. The van der Waals surface area contributed by atoms with Gasteiger partial charge < -0.3 is 14.9 Å². The predicted molar refractivity (Wildman–Crippen MR) is 54.5 cm³/mol. The number of hydrogen-bond donors (Lipinski definition) is 3. The van der Waals surface area contributed by atoms with Crippen LogP contribution in [-0.2, 0) is 14.3 Å². The Balaban J connectivity index is 0. The van der Waals surface area contributed by atoms with Crippen molar-refractivity contribution in [2.75, 3.05) is 6.61 Å². The Hall–Kier alpha value is -1.01. The number of ether oxygens (including phenoxy) is 1. The third-order valence-electron chi connectivity index (χ3n) is 0.901. The van der Waals surface area contributed by atoms with E-state index in [0.29, 0.717) is 6.61 Å². The highest BCUT2D eigenvalue weighted by atomic mass is 32.1. The van der Waals surface area contributed by atoms with E-state index in [1.54, 1.807) is 6.92 Å². The van der Waals surface area contributed by atoms with Crippen molar-refractivity contribution in [3.8, 4) is 0 Å². The maximum atomic E-state index is 9.89. The van der Waals surface area contributed by atoms with Gasteiger partial charge in [-0.05, 0) is 13.8 Å². The first kappa shape index (κ1) is 15.5. The van der Waals surface area contributed by atoms with Gasteiger partial charge in [0.05, 0.1) is 0 Å². The lowest BCUT2D eigenvalue weighted by Gasteiger charge is -2.02. The molecule has 0 bridgehead atoms. The van der Waals surface area contributed by atoms with Gasteiger partial charge in [-0.2, -0.15) is 0 Å². The molecule has 5 nitrogen and oxygen atoms in total. The highest BCUT2D eigenvalue weighted by Crippen LogP contribution is 1.95. The number of aliphatic carboxylic acids is 2. The standard InChI is InChI=1S/C4H8O3S.C4H6O2/c1-2-7-4(8)3(5)6;1-3(2)4(5)6/h4,8H,2H2,1H3,(H,5,6);1H2,2H3,(H,5,6). The summed E-state index contributed by atoms with van der Waals surface area (Å²) in [4.78, 5) is 19.5. The molecule has 1 atom stereocenters. The first-order chi connectivity index (χ1) is 6.32. The molecule has 0 aromatic carbocycles. The molecule has 1 unspecified atom stereocenters. The van der Waals surface area contributed by atoms with Crippen molar-refractivity contribution >= 4 is 24.6 Å². The zero-order chi connectivity index (χ0) is 11.7. The van der Waals surface area contributed by atoms with Gasteiger partial charge in [-0.3, -0.25) is 0 Å². The summed E-state index contributed by atoms with van der Waals surface area (Å²) >= 11 is 3.58. The van der Waals surface area contributed by atoms with Crippen molar-refractivity contribution in [1.29, 1.82) is 0 Å². The molecule has 14 heavy (non-hydrogen) atoms. The molecular formula is C8H14O5S. The van der Waals surface area contributed by atoms with Gasteiger partial charge in [-0.1, -0.05) is 6.58 Å². The number of rotatable bonds is 4. The third kappa shape index (κ3) is 11.0. The molecule has 0 aliphatic carbocycles. The Morgan fingerprint density at radius 1 is 1.50 bits per heavy atom. The number of carboxylic acids is 2. The Morgan fingerprint density at radius 3 is 1.93 bits per heavy atom. The quantitative estimate of drug-likeness (QED) is 0.375. The van der Waals surface area contributed by atoms with E-state index in [-0.39, 0.29) is 5.57 Å². The van der Waals surface area contributed by atoms with Crippen molar-refractivity contribution in [2.45, 2.75) is 19.3 Å². The summed E-state index contributed by atoms with van der Waals surface area (Å²) in [6.07, 6.45) is 0. The second-order valence-electron chi connectivity index (χ2n) is 2.23. The third-order valence-corrected chi connectivity index (χ3v) is 1.27. The van der Waals surface area contributed by atoms with Crippen LogP contribution in [0.5, 0.6) is 0 Å². The van der Waals surface area contributed by atoms with E-state index >= 15 is 0 Å². The lowest BCUT2D eigenvalue weighted by atomic mass is 10.4. The Labute approximate surface area is 87.8 Å². The summed E-state index contributed by atoms with van der Waals surface area (Å²) in [6.45, 7) is 6.69. The summed E-state index contributed by atoms with van der Waals surface area (Å²) < 4.78 is 4.57. The van der Waals surface area contributed by atoms with Gasteiger partial charge in [0.1, 0.15) is 0 Å². The van der Waals surface area contributed by atoms with E-state index in [9.17, 15) is 9.59 Å². The Kier molecular flexibility index (Phi) is 9.48. The minimum Gasteiger partial charge on any atom is -0.479 e. The van der Waals surface area contributed by atoms with Crippen LogP contribution in [-0.4, -0.2) is 34.2 Å². The number of carboxylic acid groups (broad SMARTS) is 2. The van der Waals surface area contributed by atoms with Gasteiger partial charge in [0, 0.05) is 12.2 Å². The zero-order valence-electron chi connectivity index (χ0n) is 8.06. The predicted octanol–water partition coefficient (Wildman–Crippen LogP) is 1.01. The van der Waals surface area contributed by atoms with Crippen LogP contribution in [0.1, 0.15) is 13.8 Å². The molecular weight excluding hydrogens is 208 g/mol. The van der Waals surface area contributed by atoms with Crippen LogP contribution in [0, 0.1) is 0 Å². The van der Waals surface area contributed by atoms with Crippen LogP contribution < -0.4 is 0 Å². The van der Waals surface area contributed by atoms with E-state index in [1.807, 2.05) is 0 Å². The molecule has 0 fully saturated rings. The van der Waals surface area contributed by atoms with Gasteiger partial charge in [0.25, 0.3) is 0 Å². The molecule has 82 valence electrons. The summed E-state index contributed by atoms with van der Waals surface area (Å²) in [5.41, 5.74) is -0.796. The minimum absolute atomic E-state index is 0.176. The molecule has 0 aromatic rings. The monoisotopic (exact) mass is 222 g/mol. The Bertz CT molecular complexity index is 202. The second-order valence-corrected chi connectivity index (χ2v) is 2.70. The van der Waals surface area contributed by atoms with Crippen LogP contribution in [0.4, 0.5) is 0 Å². The first-order valence-electron chi connectivity index (χ1n) is 3.74. The van der Waals surface area contributed by atoms with Crippen LogP contribution in [0.25, 0.3) is 0 Å². The largest absolute Gasteiger partial charge is 0.479 e. The molecule has 0 saturated carbocycles. The summed E-state index contributed by atoms with van der Waals surface area (Å²) in [5, 5.41) is 16.0. The molecule has 0 rings (SSSR count). The first-order valence-corrected chi connectivity index (χ1v) is 4.25. The average molecular weight is 222 g/mol. The molecule has 0 amide bonds. The van der Waals surface area contributed by atoms with Crippen molar-refractivity contribution in [1.82, 2.24) is 0 Å². The maximum absolute atomic E-state index is 9.89. The molecule has 0 saturated heterocycles. The molecule has 0 heterocycles. The smallest absolute Gasteiger partial charge is 0.343 e. The lowest BCUT2D eigenvalue weighted by Crippen LogP contribution is -2.16. The molecule has 0 spiro atoms. The van der Waals surface area contributed by atoms with Gasteiger partial charge in [0.2, 0.25) is 0 Å². The average Bonchev–Trinajstić information content (AvgIpc) is 2.05. The molecule has 0 aliphatic rings. The summed E-state index contributed by atoms with van der Waals surface area (Å²) in [7, 11) is 0. The highest BCUT2D eigenvalue weighted by Gasteiger charge is 2.09. The van der Waals surface area contributed by atoms with Crippen LogP contribution in [0.3, 0.4) is 0 Å². The number of carbonyl (C=O) groups is 2. The Morgan fingerprint density at radius 2 is 1.86 bits per heavy atom. The van der Waals surface area contributed by atoms with Crippen molar-refractivity contribution in [3.63, 3.8) is 0 Å². The molecule has 6 heteroatoms.